The van der Waals surface area contributed by atoms with Gasteiger partial charge >= 0.3 is 5.69 Å². The average Bonchev–Trinajstić information content (AvgIpc) is 2.54. The van der Waals surface area contributed by atoms with Crippen molar-refractivity contribution < 1.29 is 4.79 Å². The van der Waals surface area contributed by atoms with Crippen LogP contribution >= 0.6 is 15.9 Å². The van der Waals surface area contributed by atoms with Crippen molar-refractivity contribution in [2.75, 3.05) is 5.32 Å². The highest BCUT2D eigenvalue weighted by Gasteiger charge is 2.20. The maximum absolute atomic E-state index is 12.6. The first kappa shape index (κ1) is 16.2. The zero-order valence-electron chi connectivity index (χ0n) is 12.7. The molecule has 1 heterocycles. The number of hydrogen-bond acceptors (Lipinski definition) is 3. The standard InChI is InChI=1S/C17H14BrN3O3/c1-10(15(22)19-12-6-4-5-11(18)9-12)21-16(23)13-7-2-3-8-14(13)20-17(21)24/h2-10H,1H3,(H,19,22)(H,20,24). The topological polar surface area (TPSA) is 84.0 Å². The van der Waals surface area contributed by atoms with Crippen LogP contribution in [0.1, 0.15) is 13.0 Å². The number of amides is 1. The van der Waals surface area contributed by atoms with E-state index in [-0.39, 0.29) is 0 Å². The first-order chi connectivity index (χ1) is 11.5. The van der Waals surface area contributed by atoms with Gasteiger partial charge in [0.1, 0.15) is 6.04 Å². The number of carbonyl (C=O) groups is 1. The Morgan fingerprint density at radius 1 is 1.17 bits per heavy atom. The number of H-pyrrole nitrogens is 1. The van der Waals surface area contributed by atoms with Crippen molar-refractivity contribution in [3.63, 3.8) is 0 Å². The molecule has 0 aliphatic rings. The van der Waals surface area contributed by atoms with Crippen molar-refractivity contribution in [2.24, 2.45) is 0 Å². The molecular formula is C17H14BrN3O3. The van der Waals surface area contributed by atoms with Crippen molar-refractivity contribution in [1.29, 1.82) is 0 Å². The lowest BCUT2D eigenvalue weighted by molar-refractivity contribution is -0.119. The van der Waals surface area contributed by atoms with Gasteiger partial charge in [0.2, 0.25) is 5.91 Å². The van der Waals surface area contributed by atoms with Crippen LogP contribution in [-0.2, 0) is 4.79 Å². The Kier molecular flexibility index (Phi) is 4.35. The number of nitrogens with zero attached hydrogens (tertiary/aromatic N) is 1. The van der Waals surface area contributed by atoms with Crippen LogP contribution < -0.4 is 16.6 Å². The number of benzene rings is 2. The molecule has 0 saturated heterocycles. The molecule has 0 radical (unpaired) electrons. The predicted octanol–water partition coefficient (Wildman–Crippen LogP) is 2.65. The lowest BCUT2D eigenvalue weighted by atomic mass is 10.2. The molecule has 1 aromatic heterocycles. The molecule has 122 valence electrons. The van der Waals surface area contributed by atoms with E-state index in [9.17, 15) is 14.4 Å². The van der Waals surface area contributed by atoms with Crippen LogP contribution in [0.2, 0.25) is 0 Å². The molecule has 0 aliphatic heterocycles. The van der Waals surface area contributed by atoms with Crippen LogP contribution in [-0.4, -0.2) is 15.5 Å². The minimum Gasteiger partial charge on any atom is -0.324 e. The van der Waals surface area contributed by atoms with Gasteiger partial charge in [0, 0.05) is 10.2 Å². The lowest BCUT2D eigenvalue weighted by Crippen LogP contribution is -2.41. The Balaban J connectivity index is 1.99. The number of aromatic amines is 1. The van der Waals surface area contributed by atoms with Crippen molar-refractivity contribution in [2.45, 2.75) is 13.0 Å². The van der Waals surface area contributed by atoms with E-state index in [1.165, 1.54) is 6.92 Å². The van der Waals surface area contributed by atoms with Gasteiger partial charge in [-0.05, 0) is 37.3 Å². The second-order valence-corrected chi connectivity index (χ2v) is 6.24. The molecule has 24 heavy (non-hydrogen) atoms. The monoisotopic (exact) mass is 387 g/mol. The highest BCUT2D eigenvalue weighted by Crippen LogP contribution is 2.17. The van der Waals surface area contributed by atoms with Gasteiger partial charge in [0.05, 0.1) is 10.9 Å². The Hall–Kier alpha value is -2.67. The summed E-state index contributed by atoms with van der Waals surface area (Å²) >= 11 is 3.32. The number of carbonyl (C=O) groups excluding carboxylic acids is 1. The average molecular weight is 388 g/mol. The van der Waals surface area contributed by atoms with Crippen LogP contribution in [0.4, 0.5) is 5.69 Å². The molecule has 2 aromatic carbocycles. The summed E-state index contributed by atoms with van der Waals surface area (Å²) in [6.45, 7) is 1.51. The highest BCUT2D eigenvalue weighted by atomic mass is 79.9. The smallest absolute Gasteiger partial charge is 0.324 e. The Bertz CT molecular complexity index is 1040. The van der Waals surface area contributed by atoms with E-state index in [1.807, 2.05) is 6.07 Å². The number of fused-ring (bicyclic) bond motifs is 1. The largest absolute Gasteiger partial charge is 0.329 e. The van der Waals surface area contributed by atoms with Crippen LogP contribution in [0.5, 0.6) is 0 Å². The first-order valence-electron chi connectivity index (χ1n) is 7.27. The highest BCUT2D eigenvalue weighted by molar-refractivity contribution is 9.10. The van der Waals surface area contributed by atoms with E-state index in [0.717, 1.165) is 9.04 Å². The second kappa shape index (κ2) is 6.45. The fraction of sp³-hybridized carbons (Fsp3) is 0.118. The summed E-state index contributed by atoms with van der Waals surface area (Å²) < 4.78 is 1.74. The minimum absolute atomic E-state index is 0.360. The lowest BCUT2D eigenvalue weighted by Gasteiger charge is -2.15. The van der Waals surface area contributed by atoms with Crippen LogP contribution in [0, 0.1) is 0 Å². The molecule has 0 bridgehead atoms. The van der Waals surface area contributed by atoms with Crippen LogP contribution in [0.25, 0.3) is 10.9 Å². The molecule has 6 nitrogen and oxygen atoms in total. The Morgan fingerprint density at radius 3 is 2.67 bits per heavy atom. The van der Waals surface area contributed by atoms with Crippen molar-refractivity contribution in [1.82, 2.24) is 9.55 Å². The molecule has 1 unspecified atom stereocenters. The van der Waals surface area contributed by atoms with Crippen molar-refractivity contribution >= 4 is 38.4 Å². The van der Waals surface area contributed by atoms with E-state index in [0.29, 0.717) is 16.6 Å². The maximum atomic E-state index is 12.6. The number of rotatable bonds is 3. The van der Waals surface area contributed by atoms with E-state index in [4.69, 9.17) is 0 Å². The summed E-state index contributed by atoms with van der Waals surface area (Å²) in [4.78, 5) is 39.8. The third kappa shape index (κ3) is 3.03. The quantitative estimate of drug-likeness (QED) is 0.724. The number of halogens is 1. The summed E-state index contributed by atoms with van der Waals surface area (Å²) in [6, 6.07) is 12.8. The first-order valence-corrected chi connectivity index (χ1v) is 8.06. The van der Waals surface area contributed by atoms with E-state index >= 15 is 0 Å². The fourth-order valence-corrected chi connectivity index (χ4v) is 2.86. The van der Waals surface area contributed by atoms with Gasteiger partial charge in [0.15, 0.2) is 0 Å². The molecule has 3 aromatic rings. The zero-order valence-corrected chi connectivity index (χ0v) is 14.3. The molecule has 1 atom stereocenters. The molecule has 0 saturated carbocycles. The molecule has 1 amide bonds. The number of nitrogens with one attached hydrogen (secondary N) is 2. The Labute approximate surface area is 145 Å². The summed E-state index contributed by atoms with van der Waals surface area (Å²) in [5.41, 5.74) is -0.0864. The molecule has 7 heteroatoms. The normalized spacial score (nSPS) is 12.1. The van der Waals surface area contributed by atoms with Crippen molar-refractivity contribution in [3.05, 3.63) is 73.8 Å². The number of aromatic nitrogens is 2. The SMILES string of the molecule is CC(C(=O)Nc1cccc(Br)c1)n1c(=O)[nH]c2ccccc2c1=O. The third-order valence-corrected chi connectivity index (χ3v) is 4.19. The third-order valence-electron chi connectivity index (χ3n) is 3.70. The van der Waals surface area contributed by atoms with Crippen molar-refractivity contribution in [3.8, 4) is 0 Å². The summed E-state index contributed by atoms with van der Waals surface area (Å²) in [5, 5.41) is 3.06. The number of anilines is 1. The molecule has 2 N–H and O–H groups in total. The second-order valence-electron chi connectivity index (χ2n) is 5.33. The van der Waals surface area contributed by atoms with Gasteiger partial charge in [-0.1, -0.05) is 34.1 Å². The van der Waals surface area contributed by atoms with Gasteiger partial charge in [-0.15, -0.1) is 0 Å². The van der Waals surface area contributed by atoms with Gasteiger partial charge in [-0.25, -0.2) is 9.36 Å². The summed E-state index contributed by atoms with van der Waals surface area (Å²) in [5.74, 6) is -0.448. The van der Waals surface area contributed by atoms with Crippen LogP contribution in [0.15, 0.2) is 62.6 Å². The number of para-hydroxylation sites is 1. The number of hydrogen-bond donors (Lipinski definition) is 2. The Morgan fingerprint density at radius 2 is 1.92 bits per heavy atom. The minimum atomic E-state index is -0.954. The molecule has 0 aliphatic carbocycles. The molecular weight excluding hydrogens is 374 g/mol. The van der Waals surface area contributed by atoms with Gasteiger partial charge < -0.3 is 10.3 Å². The fourth-order valence-electron chi connectivity index (χ4n) is 2.46. The van der Waals surface area contributed by atoms with E-state index in [1.54, 1.807) is 42.5 Å². The van der Waals surface area contributed by atoms with E-state index < -0.39 is 23.2 Å². The molecule has 0 fully saturated rings. The molecule has 0 spiro atoms. The van der Waals surface area contributed by atoms with Crippen LogP contribution in [0.3, 0.4) is 0 Å². The van der Waals surface area contributed by atoms with Gasteiger partial charge in [-0.3, -0.25) is 9.59 Å². The summed E-state index contributed by atoms with van der Waals surface area (Å²) in [6.07, 6.45) is 0. The van der Waals surface area contributed by atoms with E-state index in [2.05, 4.69) is 26.2 Å². The summed E-state index contributed by atoms with van der Waals surface area (Å²) in [7, 11) is 0. The molecule has 3 rings (SSSR count). The van der Waals surface area contributed by atoms with Gasteiger partial charge in [0.25, 0.3) is 5.56 Å². The maximum Gasteiger partial charge on any atom is 0.329 e. The van der Waals surface area contributed by atoms with Gasteiger partial charge in [-0.2, -0.15) is 0 Å². The zero-order chi connectivity index (χ0) is 17.3. The predicted molar refractivity (Wildman–Crippen MR) is 96.3 cm³/mol.